The predicted molar refractivity (Wildman–Crippen MR) is 66.4 cm³/mol. The van der Waals surface area contributed by atoms with Crippen molar-refractivity contribution in [1.29, 1.82) is 0 Å². The topological polar surface area (TPSA) is 29.1 Å². The van der Waals surface area contributed by atoms with Crippen molar-refractivity contribution in [2.45, 2.75) is 25.8 Å². The van der Waals surface area contributed by atoms with Gasteiger partial charge in [-0.25, -0.2) is 0 Å². The van der Waals surface area contributed by atoms with Gasteiger partial charge in [0.15, 0.2) is 0 Å². The molecule has 0 unspecified atom stereocenters. The van der Waals surface area contributed by atoms with Crippen LogP contribution in [0.5, 0.6) is 0 Å². The number of rotatable bonds is 2. The van der Waals surface area contributed by atoms with Gasteiger partial charge in [-0.1, -0.05) is 35.9 Å². The van der Waals surface area contributed by atoms with Crippen LogP contribution in [0.25, 0.3) is 6.08 Å². The average molecular weight is 236 g/mol. The van der Waals surface area contributed by atoms with Gasteiger partial charge in [0.05, 0.1) is 0 Å². The van der Waals surface area contributed by atoms with E-state index in [1.807, 2.05) is 37.3 Å². The Morgan fingerprint density at radius 1 is 1.50 bits per heavy atom. The molecular weight excluding hydrogens is 222 g/mol. The number of hydrogen-bond acceptors (Lipinski definition) is 1. The number of halogens is 1. The van der Waals surface area contributed by atoms with E-state index in [-0.39, 0.29) is 11.9 Å². The van der Waals surface area contributed by atoms with Crippen LogP contribution in [-0.4, -0.2) is 11.9 Å². The lowest BCUT2D eigenvalue weighted by atomic mass is 10.1. The van der Waals surface area contributed by atoms with Crippen LogP contribution in [-0.2, 0) is 4.79 Å². The van der Waals surface area contributed by atoms with E-state index >= 15 is 0 Å². The molecule has 1 aromatic rings. The number of benzene rings is 1. The van der Waals surface area contributed by atoms with Gasteiger partial charge in [-0.2, -0.15) is 0 Å². The van der Waals surface area contributed by atoms with Gasteiger partial charge in [0.2, 0.25) is 5.91 Å². The number of carbonyl (C=O) groups is 1. The number of hydrogen-bond donors (Lipinski definition) is 1. The first-order chi connectivity index (χ1) is 7.65. The number of amides is 1. The van der Waals surface area contributed by atoms with Gasteiger partial charge in [-0.3, -0.25) is 4.79 Å². The van der Waals surface area contributed by atoms with Crippen molar-refractivity contribution in [3.63, 3.8) is 0 Å². The Morgan fingerprint density at radius 3 is 2.94 bits per heavy atom. The van der Waals surface area contributed by atoms with Crippen LogP contribution in [0.1, 0.15) is 24.0 Å². The van der Waals surface area contributed by atoms with E-state index in [4.69, 9.17) is 11.6 Å². The van der Waals surface area contributed by atoms with Gasteiger partial charge in [-0.15, -0.1) is 0 Å². The first kappa shape index (κ1) is 11.2. The van der Waals surface area contributed by atoms with E-state index in [1.54, 1.807) is 0 Å². The molecule has 0 radical (unpaired) electrons. The molecule has 84 valence electrons. The highest BCUT2D eigenvalue weighted by molar-refractivity contribution is 6.31. The van der Waals surface area contributed by atoms with E-state index in [1.165, 1.54) is 0 Å². The zero-order valence-corrected chi connectivity index (χ0v) is 9.92. The van der Waals surface area contributed by atoms with Crippen LogP contribution in [0, 0.1) is 6.92 Å². The van der Waals surface area contributed by atoms with Gasteiger partial charge < -0.3 is 5.32 Å². The summed E-state index contributed by atoms with van der Waals surface area (Å²) < 4.78 is 0. The minimum atomic E-state index is 0.136. The molecule has 0 aliphatic carbocycles. The lowest BCUT2D eigenvalue weighted by Crippen LogP contribution is -2.22. The summed E-state index contributed by atoms with van der Waals surface area (Å²) in [6.07, 6.45) is 5.53. The molecule has 1 saturated heterocycles. The molecule has 1 aromatic carbocycles. The quantitative estimate of drug-likeness (QED) is 0.839. The monoisotopic (exact) mass is 235 g/mol. The fourth-order valence-electron chi connectivity index (χ4n) is 1.72. The van der Waals surface area contributed by atoms with E-state index < -0.39 is 0 Å². The van der Waals surface area contributed by atoms with Gasteiger partial charge in [-0.05, 0) is 30.5 Å². The summed E-state index contributed by atoms with van der Waals surface area (Å²) in [5.41, 5.74) is 2.14. The lowest BCUT2D eigenvalue weighted by Gasteiger charge is -2.03. The molecule has 2 rings (SSSR count). The number of nitrogens with one attached hydrogen (secondary N) is 1. The van der Waals surface area contributed by atoms with Crippen molar-refractivity contribution in [2.24, 2.45) is 0 Å². The average Bonchev–Trinajstić information content (AvgIpc) is 2.66. The maximum Gasteiger partial charge on any atom is 0.220 e. The molecule has 1 atom stereocenters. The highest BCUT2D eigenvalue weighted by Crippen LogP contribution is 2.18. The fourth-order valence-corrected chi connectivity index (χ4v) is 1.91. The van der Waals surface area contributed by atoms with E-state index in [0.717, 1.165) is 22.6 Å². The lowest BCUT2D eigenvalue weighted by molar-refractivity contribution is -0.119. The molecule has 1 heterocycles. The SMILES string of the molecule is Cc1ccc(/C=C/[C@H]2CCC(=O)N2)cc1Cl. The zero-order valence-electron chi connectivity index (χ0n) is 9.16. The first-order valence-corrected chi connectivity index (χ1v) is 5.76. The molecule has 0 spiro atoms. The molecule has 0 bridgehead atoms. The Hall–Kier alpha value is -1.28. The summed E-state index contributed by atoms with van der Waals surface area (Å²) in [6, 6.07) is 6.13. The van der Waals surface area contributed by atoms with E-state index in [0.29, 0.717) is 6.42 Å². The standard InChI is InChI=1S/C13H14ClNO/c1-9-2-3-10(8-12(9)14)4-5-11-6-7-13(16)15-11/h2-5,8,11H,6-7H2,1H3,(H,15,16)/b5-4+/t11-/m0/s1. The molecule has 0 aromatic heterocycles. The van der Waals surface area contributed by atoms with Crippen LogP contribution >= 0.6 is 11.6 Å². The molecule has 1 N–H and O–H groups in total. The van der Waals surface area contributed by atoms with Crippen molar-refractivity contribution in [3.8, 4) is 0 Å². The van der Waals surface area contributed by atoms with E-state index in [9.17, 15) is 4.79 Å². The van der Waals surface area contributed by atoms with Crippen LogP contribution in [0.15, 0.2) is 24.3 Å². The first-order valence-electron chi connectivity index (χ1n) is 5.39. The molecule has 1 amide bonds. The summed E-state index contributed by atoms with van der Waals surface area (Å²) in [7, 11) is 0. The number of carbonyl (C=O) groups excluding carboxylic acids is 1. The van der Waals surface area contributed by atoms with Crippen molar-refractivity contribution < 1.29 is 4.79 Å². The second-order valence-corrected chi connectivity index (χ2v) is 4.49. The number of aryl methyl sites for hydroxylation is 1. The largest absolute Gasteiger partial charge is 0.350 e. The van der Waals surface area contributed by atoms with Gasteiger partial charge in [0, 0.05) is 17.5 Å². The summed E-state index contributed by atoms with van der Waals surface area (Å²) in [5, 5.41) is 3.67. The summed E-state index contributed by atoms with van der Waals surface area (Å²) in [4.78, 5) is 11.0. The second kappa shape index (κ2) is 4.71. The van der Waals surface area contributed by atoms with Crippen LogP contribution in [0.4, 0.5) is 0 Å². The predicted octanol–water partition coefficient (Wildman–Crippen LogP) is 2.94. The minimum Gasteiger partial charge on any atom is -0.350 e. The summed E-state index contributed by atoms with van der Waals surface area (Å²) >= 11 is 6.03. The Labute approximate surface area is 100 Å². The molecular formula is C13H14ClNO. The zero-order chi connectivity index (χ0) is 11.5. The molecule has 1 aliphatic heterocycles. The third kappa shape index (κ3) is 2.64. The smallest absolute Gasteiger partial charge is 0.220 e. The molecule has 1 fully saturated rings. The third-order valence-corrected chi connectivity index (χ3v) is 3.15. The molecule has 1 aliphatic rings. The minimum absolute atomic E-state index is 0.136. The van der Waals surface area contributed by atoms with Gasteiger partial charge >= 0.3 is 0 Å². The third-order valence-electron chi connectivity index (χ3n) is 2.75. The van der Waals surface area contributed by atoms with Crippen molar-refractivity contribution in [1.82, 2.24) is 5.32 Å². The highest BCUT2D eigenvalue weighted by Gasteiger charge is 2.17. The second-order valence-electron chi connectivity index (χ2n) is 4.08. The molecule has 0 saturated carbocycles. The fraction of sp³-hybridized carbons (Fsp3) is 0.308. The van der Waals surface area contributed by atoms with Crippen LogP contribution < -0.4 is 5.32 Å². The van der Waals surface area contributed by atoms with Gasteiger partial charge in [0.1, 0.15) is 0 Å². The Kier molecular flexibility index (Phi) is 3.30. The van der Waals surface area contributed by atoms with Crippen LogP contribution in [0.3, 0.4) is 0 Å². The Balaban J connectivity index is 2.06. The normalized spacial score (nSPS) is 20.4. The highest BCUT2D eigenvalue weighted by atomic mass is 35.5. The van der Waals surface area contributed by atoms with Gasteiger partial charge in [0.25, 0.3) is 0 Å². The summed E-state index contributed by atoms with van der Waals surface area (Å²) in [6.45, 7) is 1.98. The van der Waals surface area contributed by atoms with E-state index in [2.05, 4.69) is 5.32 Å². The maximum atomic E-state index is 11.0. The Bertz CT molecular complexity index is 440. The van der Waals surface area contributed by atoms with Crippen molar-refractivity contribution >= 4 is 23.6 Å². The van der Waals surface area contributed by atoms with Crippen molar-refractivity contribution in [3.05, 3.63) is 40.4 Å². The molecule has 16 heavy (non-hydrogen) atoms. The maximum absolute atomic E-state index is 11.0. The Morgan fingerprint density at radius 2 is 2.31 bits per heavy atom. The van der Waals surface area contributed by atoms with Crippen molar-refractivity contribution in [2.75, 3.05) is 0 Å². The summed E-state index contributed by atoms with van der Waals surface area (Å²) in [5.74, 6) is 0.136. The molecule has 3 heteroatoms. The molecule has 2 nitrogen and oxygen atoms in total. The van der Waals surface area contributed by atoms with Crippen LogP contribution in [0.2, 0.25) is 5.02 Å².